The molecule has 3 nitrogen and oxygen atoms in total. The third-order valence-electron chi connectivity index (χ3n) is 2.80. The van der Waals surface area contributed by atoms with Crippen molar-refractivity contribution in [3.05, 3.63) is 23.8 Å². The summed E-state index contributed by atoms with van der Waals surface area (Å²) in [5, 5.41) is 11.3. The van der Waals surface area contributed by atoms with Gasteiger partial charge in [-0.1, -0.05) is 17.8 Å². The maximum atomic E-state index is 7.68. The largest absolute Gasteiger partial charge is 0.372 e. The number of thioether (sulfide) groups is 1. The van der Waals surface area contributed by atoms with E-state index >= 15 is 0 Å². The fourth-order valence-electron chi connectivity index (χ4n) is 1.70. The van der Waals surface area contributed by atoms with E-state index in [1.165, 1.54) is 23.0 Å². The molecule has 0 bridgehead atoms. The van der Waals surface area contributed by atoms with Crippen LogP contribution in [0.4, 0.5) is 11.4 Å². The van der Waals surface area contributed by atoms with Gasteiger partial charge in [0.1, 0.15) is 0 Å². The molecular formula is C13H21N3S. The first-order chi connectivity index (χ1) is 8.12. The Bertz CT molecular complexity index is 386. The number of hydrogen-bond acceptors (Lipinski definition) is 3. The highest BCUT2D eigenvalue weighted by Crippen LogP contribution is 2.23. The second-order valence-electron chi connectivity index (χ2n) is 3.83. The Morgan fingerprint density at radius 2 is 2.00 bits per heavy atom. The van der Waals surface area contributed by atoms with Crippen LogP contribution in [0.3, 0.4) is 0 Å². The molecular weight excluding hydrogens is 230 g/mol. The quantitative estimate of drug-likeness (QED) is 0.635. The van der Waals surface area contributed by atoms with Gasteiger partial charge >= 0.3 is 0 Å². The van der Waals surface area contributed by atoms with Gasteiger partial charge in [0.25, 0.3) is 0 Å². The lowest BCUT2D eigenvalue weighted by Crippen LogP contribution is -2.22. The second-order valence-corrected chi connectivity index (χ2v) is 4.65. The Labute approximate surface area is 108 Å². The molecule has 1 aromatic carbocycles. The predicted octanol–water partition coefficient (Wildman–Crippen LogP) is 3.55. The van der Waals surface area contributed by atoms with Crippen LogP contribution in [0.15, 0.2) is 18.2 Å². The molecule has 1 rings (SSSR count). The minimum atomic E-state index is 0.477. The lowest BCUT2D eigenvalue weighted by atomic mass is 10.1. The third-order valence-corrected chi connectivity index (χ3v) is 3.31. The van der Waals surface area contributed by atoms with Crippen molar-refractivity contribution < 1.29 is 0 Å². The average Bonchev–Trinajstić information content (AvgIpc) is 2.34. The van der Waals surface area contributed by atoms with Crippen molar-refractivity contribution in [3.63, 3.8) is 0 Å². The summed E-state index contributed by atoms with van der Waals surface area (Å²) in [7, 11) is 0. The van der Waals surface area contributed by atoms with Gasteiger partial charge in [0.15, 0.2) is 5.17 Å². The first kappa shape index (κ1) is 13.9. The van der Waals surface area contributed by atoms with Crippen LogP contribution in [-0.4, -0.2) is 24.5 Å². The first-order valence-electron chi connectivity index (χ1n) is 5.87. The summed E-state index contributed by atoms with van der Waals surface area (Å²) in [6, 6.07) is 6.35. The standard InChI is InChI=1S/C13H21N3S/c1-5-16(6-2)11-8-7-10(3)12(9-11)15-13(14)17-4/h7-9H,5-6H2,1-4H3,(H2,14,15). The minimum absolute atomic E-state index is 0.477. The molecule has 0 saturated carbocycles. The molecule has 0 atom stereocenters. The molecule has 0 aliphatic rings. The number of nitrogens with one attached hydrogen (secondary N) is 2. The molecule has 0 aliphatic carbocycles. The van der Waals surface area contributed by atoms with Crippen LogP contribution in [0.1, 0.15) is 19.4 Å². The van der Waals surface area contributed by atoms with E-state index in [2.05, 4.69) is 49.2 Å². The zero-order chi connectivity index (χ0) is 12.8. The summed E-state index contributed by atoms with van der Waals surface area (Å²) in [6.07, 6.45) is 1.90. The van der Waals surface area contributed by atoms with Crippen LogP contribution in [0.5, 0.6) is 0 Å². The summed E-state index contributed by atoms with van der Waals surface area (Å²) in [4.78, 5) is 2.30. The van der Waals surface area contributed by atoms with E-state index < -0.39 is 0 Å². The Morgan fingerprint density at radius 3 is 2.53 bits per heavy atom. The molecule has 0 heterocycles. The van der Waals surface area contributed by atoms with Gasteiger partial charge in [-0.15, -0.1) is 0 Å². The van der Waals surface area contributed by atoms with Crippen molar-refractivity contribution in [2.24, 2.45) is 0 Å². The highest BCUT2D eigenvalue weighted by Gasteiger charge is 2.06. The third kappa shape index (κ3) is 3.66. The number of anilines is 2. The Morgan fingerprint density at radius 1 is 1.35 bits per heavy atom. The maximum Gasteiger partial charge on any atom is 0.157 e. The molecule has 0 radical (unpaired) electrons. The molecule has 4 heteroatoms. The van der Waals surface area contributed by atoms with E-state index in [0.29, 0.717) is 5.17 Å². The summed E-state index contributed by atoms with van der Waals surface area (Å²) in [5.74, 6) is 0. The summed E-state index contributed by atoms with van der Waals surface area (Å²) in [5.41, 5.74) is 3.39. The van der Waals surface area contributed by atoms with Crippen molar-refractivity contribution in [1.82, 2.24) is 0 Å². The van der Waals surface area contributed by atoms with Crippen LogP contribution in [0.25, 0.3) is 0 Å². The fourth-order valence-corrected chi connectivity index (χ4v) is 1.92. The number of hydrogen-bond donors (Lipinski definition) is 2. The molecule has 0 saturated heterocycles. The highest BCUT2D eigenvalue weighted by molar-refractivity contribution is 8.13. The topological polar surface area (TPSA) is 39.1 Å². The molecule has 0 fully saturated rings. The van der Waals surface area contributed by atoms with Gasteiger partial charge in [-0.25, -0.2) is 0 Å². The van der Waals surface area contributed by atoms with Crippen molar-refractivity contribution in [1.29, 1.82) is 5.41 Å². The van der Waals surface area contributed by atoms with Crippen LogP contribution in [0.2, 0.25) is 0 Å². The zero-order valence-corrected chi connectivity index (χ0v) is 11.8. The van der Waals surface area contributed by atoms with Crippen molar-refractivity contribution in [2.75, 3.05) is 29.6 Å². The Hall–Kier alpha value is -1.16. The van der Waals surface area contributed by atoms with Gasteiger partial charge in [0, 0.05) is 24.5 Å². The Balaban J connectivity index is 2.97. The smallest absolute Gasteiger partial charge is 0.157 e. The molecule has 2 N–H and O–H groups in total. The lowest BCUT2D eigenvalue weighted by Gasteiger charge is -2.22. The molecule has 1 aromatic rings. The fraction of sp³-hybridized carbons (Fsp3) is 0.462. The van der Waals surface area contributed by atoms with Crippen LogP contribution in [0, 0.1) is 12.3 Å². The van der Waals surface area contributed by atoms with Crippen LogP contribution < -0.4 is 10.2 Å². The van der Waals surface area contributed by atoms with Crippen LogP contribution in [-0.2, 0) is 0 Å². The van der Waals surface area contributed by atoms with E-state index in [9.17, 15) is 0 Å². The van der Waals surface area contributed by atoms with Gasteiger partial charge in [-0.05, 0) is 44.7 Å². The summed E-state index contributed by atoms with van der Waals surface area (Å²) >= 11 is 1.41. The van der Waals surface area contributed by atoms with Gasteiger partial charge in [0.2, 0.25) is 0 Å². The molecule has 17 heavy (non-hydrogen) atoms. The van der Waals surface area contributed by atoms with E-state index in [-0.39, 0.29) is 0 Å². The molecule has 0 aliphatic heterocycles. The molecule has 0 aromatic heterocycles. The number of aryl methyl sites for hydroxylation is 1. The van der Waals surface area contributed by atoms with Crippen LogP contribution >= 0.6 is 11.8 Å². The van der Waals surface area contributed by atoms with E-state index in [1.807, 2.05) is 6.26 Å². The molecule has 0 amide bonds. The van der Waals surface area contributed by atoms with Crippen molar-refractivity contribution >= 4 is 28.3 Å². The summed E-state index contributed by atoms with van der Waals surface area (Å²) < 4.78 is 0. The number of benzene rings is 1. The normalized spacial score (nSPS) is 10.1. The minimum Gasteiger partial charge on any atom is -0.372 e. The SMILES string of the molecule is CCN(CC)c1ccc(C)c(NC(=N)SC)c1. The predicted molar refractivity (Wildman–Crippen MR) is 79.6 cm³/mol. The zero-order valence-electron chi connectivity index (χ0n) is 11.0. The van der Waals surface area contributed by atoms with Gasteiger partial charge in [0.05, 0.1) is 0 Å². The van der Waals surface area contributed by atoms with Crippen molar-refractivity contribution in [2.45, 2.75) is 20.8 Å². The number of rotatable bonds is 4. The lowest BCUT2D eigenvalue weighted by molar-refractivity contribution is 0.866. The van der Waals surface area contributed by atoms with E-state index in [0.717, 1.165) is 18.8 Å². The maximum absolute atomic E-state index is 7.68. The van der Waals surface area contributed by atoms with Gasteiger partial charge in [-0.2, -0.15) is 0 Å². The first-order valence-corrected chi connectivity index (χ1v) is 7.10. The highest BCUT2D eigenvalue weighted by atomic mass is 32.2. The van der Waals surface area contributed by atoms with E-state index in [1.54, 1.807) is 0 Å². The summed E-state index contributed by atoms with van der Waals surface area (Å²) in [6.45, 7) is 8.36. The molecule has 0 spiro atoms. The molecule has 0 unspecified atom stereocenters. The number of amidine groups is 1. The monoisotopic (exact) mass is 251 g/mol. The average molecular weight is 251 g/mol. The van der Waals surface area contributed by atoms with E-state index in [4.69, 9.17) is 5.41 Å². The molecule has 94 valence electrons. The van der Waals surface area contributed by atoms with Gasteiger partial charge < -0.3 is 10.2 Å². The second kappa shape index (κ2) is 6.55. The van der Waals surface area contributed by atoms with Crippen molar-refractivity contribution in [3.8, 4) is 0 Å². The number of nitrogens with zero attached hydrogens (tertiary/aromatic N) is 1. The Kier molecular flexibility index (Phi) is 5.35. The van der Waals surface area contributed by atoms with Gasteiger partial charge in [-0.3, -0.25) is 5.41 Å².